The third-order valence-corrected chi connectivity index (χ3v) is 6.24. The van der Waals surface area contributed by atoms with E-state index < -0.39 is 24.1 Å². The van der Waals surface area contributed by atoms with Gasteiger partial charge >= 0.3 is 12.1 Å². The molecule has 5 rings (SSSR count). The van der Waals surface area contributed by atoms with Gasteiger partial charge in [-0.05, 0) is 56.3 Å². The van der Waals surface area contributed by atoms with E-state index in [0.717, 1.165) is 24.3 Å². The van der Waals surface area contributed by atoms with Gasteiger partial charge in [-0.2, -0.15) is 13.2 Å². The van der Waals surface area contributed by atoms with Crippen LogP contribution in [0.4, 0.5) is 13.2 Å². The van der Waals surface area contributed by atoms with Crippen molar-refractivity contribution in [1.82, 2.24) is 10.4 Å². The van der Waals surface area contributed by atoms with Crippen molar-refractivity contribution < 1.29 is 32.3 Å². The maximum absolute atomic E-state index is 12.8. The smallest absolute Gasteiger partial charge is 0.378 e. The number of alkyl halides is 3. The van der Waals surface area contributed by atoms with Crippen LogP contribution in [-0.2, 0) is 19.2 Å². The molecule has 0 spiro atoms. The Morgan fingerprint density at radius 2 is 1.65 bits per heavy atom. The summed E-state index contributed by atoms with van der Waals surface area (Å²) in [6.07, 6.45) is 1.35. The minimum absolute atomic E-state index is 0.0687. The number of hydrogen-bond donors (Lipinski definition) is 1. The summed E-state index contributed by atoms with van der Waals surface area (Å²) in [5.41, 5.74) is -0.261. The molecule has 0 aromatic rings. The number of amides is 1. The molecule has 6 nitrogen and oxygen atoms in total. The second kappa shape index (κ2) is 6.37. The van der Waals surface area contributed by atoms with Gasteiger partial charge in [-0.1, -0.05) is 0 Å². The van der Waals surface area contributed by atoms with Gasteiger partial charge in [0, 0.05) is 5.54 Å². The van der Waals surface area contributed by atoms with Gasteiger partial charge < -0.3 is 14.9 Å². The first-order valence-corrected chi connectivity index (χ1v) is 9.20. The molecule has 1 amide bonds. The third-order valence-electron chi connectivity index (χ3n) is 6.24. The van der Waals surface area contributed by atoms with Crippen LogP contribution >= 0.6 is 0 Å². The highest BCUT2D eigenvalue weighted by atomic mass is 19.4. The van der Waals surface area contributed by atoms with Crippen LogP contribution in [0.3, 0.4) is 0 Å². The van der Waals surface area contributed by atoms with E-state index >= 15 is 0 Å². The number of carbonyl (C=O) groups is 2. The van der Waals surface area contributed by atoms with Gasteiger partial charge in [0.15, 0.2) is 0 Å². The summed E-state index contributed by atoms with van der Waals surface area (Å²) in [5, 5.41) is 3.92. The Labute approximate surface area is 149 Å². The fraction of sp³-hybridized carbons (Fsp3) is 0.882. The van der Waals surface area contributed by atoms with Gasteiger partial charge in [-0.3, -0.25) is 4.79 Å². The summed E-state index contributed by atoms with van der Waals surface area (Å²) in [4.78, 5) is 28.4. The molecule has 0 radical (unpaired) electrons. The van der Waals surface area contributed by atoms with E-state index in [4.69, 9.17) is 4.74 Å². The minimum atomic E-state index is -5.10. The second-order valence-electron chi connectivity index (χ2n) is 8.30. The van der Waals surface area contributed by atoms with Crippen molar-refractivity contribution in [2.45, 2.75) is 56.3 Å². The molecule has 146 valence electrons. The Balaban J connectivity index is 1.43. The molecule has 0 aromatic heterocycles. The van der Waals surface area contributed by atoms with Crippen molar-refractivity contribution in [3.63, 3.8) is 0 Å². The first kappa shape index (κ1) is 18.0. The van der Waals surface area contributed by atoms with E-state index in [9.17, 15) is 22.8 Å². The molecule has 0 aromatic carbocycles. The molecule has 4 saturated carbocycles. The number of carbonyl (C=O) groups excluding carboxylic acids is 2. The van der Waals surface area contributed by atoms with E-state index in [2.05, 4.69) is 10.2 Å². The lowest BCUT2D eigenvalue weighted by atomic mass is 9.53. The molecule has 5 aliphatic rings. The molecule has 1 N–H and O–H groups in total. The SMILES string of the molecule is O=C(NC12CC3CC(CC(C3)C1)C2)[C@H]1COCCN1OC(=O)C(F)(F)F. The van der Waals surface area contributed by atoms with E-state index in [1.54, 1.807) is 0 Å². The standard InChI is InChI=1S/C17H23F3N2O4/c18-17(19,20)15(24)26-22-1-2-25-9-13(22)14(23)21-16-6-10-3-11(7-16)5-12(4-10)8-16/h10-13H,1-9H2,(H,21,23)/t10?,11?,12?,13-,16?/m1/s1. The van der Waals surface area contributed by atoms with E-state index in [0.29, 0.717) is 17.8 Å². The summed E-state index contributed by atoms with van der Waals surface area (Å²) in [6.45, 7) is -0.0591. The van der Waals surface area contributed by atoms with Crippen LogP contribution in [0.2, 0.25) is 0 Å². The van der Waals surface area contributed by atoms with Crippen LogP contribution in [-0.4, -0.2) is 54.5 Å². The average molecular weight is 376 g/mol. The molecular formula is C17H23F3N2O4. The highest BCUT2D eigenvalue weighted by Gasteiger charge is 2.52. The van der Waals surface area contributed by atoms with Crippen molar-refractivity contribution in [3.05, 3.63) is 0 Å². The van der Waals surface area contributed by atoms with Gasteiger partial charge in [0.1, 0.15) is 6.04 Å². The summed E-state index contributed by atoms with van der Waals surface area (Å²) >= 11 is 0. The largest absolute Gasteiger partial charge is 0.492 e. The monoisotopic (exact) mass is 376 g/mol. The number of hydroxylamine groups is 2. The highest BCUT2D eigenvalue weighted by Crippen LogP contribution is 2.55. The fourth-order valence-electron chi connectivity index (χ4n) is 5.67. The maximum Gasteiger partial charge on any atom is 0.492 e. The second-order valence-corrected chi connectivity index (χ2v) is 8.30. The predicted octanol–water partition coefficient (Wildman–Crippen LogP) is 1.79. The summed E-state index contributed by atoms with van der Waals surface area (Å²) in [5.74, 6) is -0.844. The lowest BCUT2D eigenvalue weighted by molar-refractivity contribution is -0.257. The normalized spacial score (nSPS) is 39.7. The zero-order chi connectivity index (χ0) is 18.5. The van der Waals surface area contributed by atoms with E-state index in [1.165, 1.54) is 19.3 Å². The molecule has 1 heterocycles. The molecular weight excluding hydrogens is 353 g/mol. The molecule has 1 aliphatic heterocycles. The quantitative estimate of drug-likeness (QED) is 0.814. The van der Waals surface area contributed by atoms with Gasteiger partial charge in [0.2, 0.25) is 5.91 Å². The van der Waals surface area contributed by atoms with Crippen LogP contribution < -0.4 is 5.32 Å². The molecule has 0 unspecified atom stereocenters. The number of morpholine rings is 1. The lowest BCUT2D eigenvalue weighted by Crippen LogP contribution is -2.64. The Bertz CT molecular complexity index is 560. The first-order valence-electron chi connectivity index (χ1n) is 9.20. The number of ether oxygens (including phenoxy) is 1. The van der Waals surface area contributed by atoms with E-state index in [-0.39, 0.29) is 25.3 Å². The van der Waals surface area contributed by atoms with Crippen LogP contribution in [0, 0.1) is 17.8 Å². The van der Waals surface area contributed by atoms with Gasteiger partial charge in [-0.25, -0.2) is 4.79 Å². The van der Waals surface area contributed by atoms with Gasteiger partial charge in [0.25, 0.3) is 0 Å². The maximum atomic E-state index is 12.8. The Morgan fingerprint density at radius 1 is 1.08 bits per heavy atom. The molecule has 1 saturated heterocycles. The predicted molar refractivity (Wildman–Crippen MR) is 82.5 cm³/mol. The summed E-state index contributed by atoms with van der Waals surface area (Å²) in [6, 6.07) is -1.05. The summed E-state index contributed by atoms with van der Waals surface area (Å²) < 4.78 is 42.7. The molecule has 9 heteroatoms. The van der Waals surface area contributed by atoms with Crippen LogP contribution in [0.25, 0.3) is 0 Å². The minimum Gasteiger partial charge on any atom is -0.378 e. The topological polar surface area (TPSA) is 67.9 Å². The fourth-order valence-corrected chi connectivity index (χ4v) is 5.67. The Hall–Kier alpha value is -1.35. The van der Waals surface area contributed by atoms with Crippen molar-refractivity contribution in [2.75, 3.05) is 19.8 Å². The molecule has 1 atom stereocenters. The molecule has 26 heavy (non-hydrogen) atoms. The lowest BCUT2D eigenvalue weighted by Gasteiger charge is -2.57. The third kappa shape index (κ3) is 3.43. The number of nitrogens with one attached hydrogen (secondary N) is 1. The van der Waals surface area contributed by atoms with E-state index in [1.807, 2.05) is 0 Å². The molecule has 4 aliphatic carbocycles. The van der Waals surface area contributed by atoms with Crippen LogP contribution in [0.1, 0.15) is 38.5 Å². The first-order chi connectivity index (χ1) is 12.2. The Kier molecular flexibility index (Phi) is 4.42. The van der Waals surface area contributed by atoms with Crippen molar-refractivity contribution >= 4 is 11.9 Å². The number of hydrogen-bond acceptors (Lipinski definition) is 5. The number of nitrogens with zero attached hydrogens (tertiary/aromatic N) is 1. The molecule has 5 fully saturated rings. The number of rotatable bonds is 3. The number of halogens is 3. The van der Waals surface area contributed by atoms with Crippen LogP contribution in [0.15, 0.2) is 0 Å². The van der Waals surface area contributed by atoms with Crippen molar-refractivity contribution in [3.8, 4) is 0 Å². The molecule has 4 bridgehead atoms. The van der Waals surface area contributed by atoms with Crippen molar-refractivity contribution in [1.29, 1.82) is 0 Å². The zero-order valence-electron chi connectivity index (χ0n) is 14.4. The van der Waals surface area contributed by atoms with Crippen molar-refractivity contribution in [2.24, 2.45) is 17.8 Å². The van der Waals surface area contributed by atoms with Gasteiger partial charge in [-0.15, -0.1) is 5.06 Å². The zero-order valence-corrected chi connectivity index (χ0v) is 14.4. The summed E-state index contributed by atoms with van der Waals surface area (Å²) in [7, 11) is 0. The average Bonchev–Trinajstić information content (AvgIpc) is 2.52. The van der Waals surface area contributed by atoms with Crippen LogP contribution in [0.5, 0.6) is 0 Å². The Morgan fingerprint density at radius 3 is 2.19 bits per heavy atom. The highest BCUT2D eigenvalue weighted by molar-refractivity contribution is 5.83. The van der Waals surface area contributed by atoms with Gasteiger partial charge in [0.05, 0.1) is 19.8 Å².